The predicted molar refractivity (Wildman–Crippen MR) is 32.6 cm³/mol. The third-order valence-corrected chi connectivity index (χ3v) is 2.71. The normalized spacial score (nSPS) is 49.6. The summed E-state index contributed by atoms with van der Waals surface area (Å²) in [5, 5.41) is 0. The van der Waals surface area contributed by atoms with Crippen molar-refractivity contribution in [2.45, 2.75) is 15.8 Å². The minimum Gasteiger partial charge on any atom is -0.242 e. The van der Waals surface area contributed by atoms with Gasteiger partial charge in [0.15, 0.2) is 0 Å². The molecule has 0 radical (unpaired) electrons. The Morgan fingerprint density at radius 3 is 1.18 bits per heavy atom. The molecule has 0 aliphatic carbocycles. The largest absolute Gasteiger partial charge is 0.492 e. The van der Waals surface area contributed by atoms with Gasteiger partial charge < -0.3 is 0 Å². The van der Waals surface area contributed by atoms with Crippen LogP contribution in [0.25, 0.3) is 0 Å². The van der Waals surface area contributed by atoms with Gasteiger partial charge in [-0.25, -0.2) is 9.47 Å². The van der Waals surface area contributed by atoms with Gasteiger partial charge in [0.2, 0.25) is 0 Å². The van der Waals surface area contributed by atoms with E-state index in [9.17, 15) is 17.6 Å². The Labute approximate surface area is 75.1 Å². The van der Waals surface area contributed by atoms with Gasteiger partial charge in [-0.15, -0.1) is 8.78 Å². The van der Waals surface area contributed by atoms with E-state index in [2.05, 4.69) is 9.47 Å². The van der Waals surface area contributed by atoms with E-state index in [4.69, 9.17) is 0 Å². The summed E-state index contributed by atoms with van der Waals surface area (Å²) in [4.78, 5) is 0. The lowest BCUT2D eigenvalue weighted by atomic mass is 10.7. The van der Waals surface area contributed by atoms with Crippen molar-refractivity contribution in [2.75, 3.05) is 0 Å². The van der Waals surface area contributed by atoms with Crippen LogP contribution in [0, 0.1) is 0 Å². The smallest absolute Gasteiger partial charge is 0.242 e. The van der Waals surface area contributed by atoms with Gasteiger partial charge >= 0.3 is 15.8 Å². The molecule has 1 saturated heterocycles. The predicted octanol–water partition coefficient (Wildman–Crippen LogP) is 2.62. The minimum atomic E-state index is -4.28. The van der Waals surface area contributed by atoms with Crippen LogP contribution in [0.2, 0.25) is 0 Å². The van der Waals surface area contributed by atoms with Crippen molar-refractivity contribution in [1.82, 2.24) is 0 Å². The molecule has 0 spiro atoms. The van der Waals surface area contributed by atoms with Crippen LogP contribution in [-0.2, 0) is 9.47 Å². The van der Waals surface area contributed by atoms with Crippen molar-refractivity contribution < 1.29 is 27.0 Å². The van der Waals surface area contributed by atoms with Crippen LogP contribution in [0.4, 0.5) is 17.6 Å². The topological polar surface area (TPSA) is 18.5 Å². The zero-order valence-corrected chi connectivity index (χ0v) is 7.76. The third-order valence-electron chi connectivity index (χ3n) is 0.833. The second-order valence-corrected chi connectivity index (χ2v) is 3.74. The summed E-state index contributed by atoms with van der Waals surface area (Å²) in [6, 6.07) is 0. The molecule has 1 rings (SSSR count). The van der Waals surface area contributed by atoms with Gasteiger partial charge in [0.05, 0.1) is 0 Å². The third kappa shape index (κ3) is 1.68. The Kier molecular flexibility index (Phi) is 2.03. The highest BCUT2D eigenvalue weighted by Crippen LogP contribution is 2.54. The van der Waals surface area contributed by atoms with E-state index in [0.717, 1.165) is 0 Å². The van der Waals surface area contributed by atoms with E-state index in [1.165, 1.54) is 0 Å². The summed E-state index contributed by atoms with van der Waals surface area (Å²) in [7, 11) is 0. The maximum absolute atomic E-state index is 12.6. The molecule has 2 nitrogen and oxygen atoms in total. The molecule has 2 unspecified atom stereocenters. The Morgan fingerprint density at radius 1 is 0.818 bits per heavy atom. The number of rotatable bonds is 0. The van der Waals surface area contributed by atoms with Gasteiger partial charge in [0.25, 0.3) is 0 Å². The molecule has 0 aromatic rings. The minimum absolute atomic E-state index is 1.92. The number of alkyl halides is 6. The average Bonchev–Trinajstić information content (AvgIpc) is 1.66. The SMILES string of the molecule is FC1(F)OC(F)(Br)C(F)(Br)O1. The summed E-state index contributed by atoms with van der Waals surface area (Å²) in [5.74, 6) is 0. The van der Waals surface area contributed by atoms with E-state index in [1.54, 1.807) is 0 Å². The second kappa shape index (κ2) is 2.30. The fourth-order valence-corrected chi connectivity index (χ4v) is 0.977. The molecule has 8 heteroatoms. The highest BCUT2D eigenvalue weighted by Gasteiger charge is 2.69. The average molecular weight is 304 g/mol. The lowest BCUT2D eigenvalue weighted by molar-refractivity contribution is -0.364. The van der Waals surface area contributed by atoms with Crippen molar-refractivity contribution in [3.8, 4) is 0 Å². The van der Waals surface area contributed by atoms with Gasteiger partial charge in [-0.05, 0) is 31.9 Å². The molecule has 11 heavy (non-hydrogen) atoms. The Bertz CT molecular complexity index is 164. The summed E-state index contributed by atoms with van der Waals surface area (Å²) in [6.07, 6.45) is -4.28. The number of hydrogen-bond acceptors (Lipinski definition) is 2. The summed E-state index contributed by atoms with van der Waals surface area (Å²) < 4.78 is 48.7. The fourth-order valence-electron chi connectivity index (χ4n) is 0.438. The van der Waals surface area contributed by atoms with Crippen LogP contribution in [0.5, 0.6) is 0 Å². The van der Waals surface area contributed by atoms with E-state index in [-0.39, 0.29) is 0 Å². The first kappa shape index (κ1) is 9.69. The van der Waals surface area contributed by atoms with Crippen molar-refractivity contribution >= 4 is 31.9 Å². The first-order valence-corrected chi connectivity index (χ1v) is 3.79. The molecule has 0 amide bonds. The molecular weight excluding hydrogens is 304 g/mol. The molecule has 0 aromatic heterocycles. The standard InChI is InChI=1S/C3Br2F4O2/c4-1(6)2(5,7)11-3(8,9)10-1. The van der Waals surface area contributed by atoms with Crippen LogP contribution in [0.15, 0.2) is 0 Å². The van der Waals surface area contributed by atoms with Crippen molar-refractivity contribution in [2.24, 2.45) is 0 Å². The van der Waals surface area contributed by atoms with Crippen molar-refractivity contribution in [3.63, 3.8) is 0 Å². The lowest BCUT2D eigenvalue weighted by Gasteiger charge is -2.15. The number of halogens is 6. The molecule has 1 aliphatic rings. The van der Waals surface area contributed by atoms with Crippen LogP contribution in [0.3, 0.4) is 0 Å². The zero-order valence-electron chi connectivity index (χ0n) is 4.58. The monoisotopic (exact) mass is 302 g/mol. The fraction of sp³-hybridized carbons (Fsp3) is 1.00. The van der Waals surface area contributed by atoms with Crippen LogP contribution < -0.4 is 0 Å². The molecule has 66 valence electrons. The van der Waals surface area contributed by atoms with Crippen LogP contribution in [0.1, 0.15) is 0 Å². The maximum Gasteiger partial charge on any atom is 0.492 e. The van der Waals surface area contributed by atoms with Gasteiger partial charge in [0, 0.05) is 0 Å². The van der Waals surface area contributed by atoms with E-state index in [0.29, 0.717) is 0 Å². The molecule has 1 aliphatic heterocycles. The Morgan fingerprint density at radius 2 is 1.09 bits per heavy atom. The maximum atomic E-state index is 12.6. The number of ether oxygens (including phenoxy) is 2. The molecule has 0 bridgehead atoms. The van der Waals surface area contributed by atoms with Crippen LogP contribution >= 0.6 is 31.9 Å². The van der Waals surface area contributed by atoms with Gasteiger partial charge in [0.1, 0.15) is 0 Å². The quantitative estimate of drug-likeness (QED) is 0.506. The molecular formula is C3Br2F4O2. The highest BCUT2D eigenvalue weighted by atomic mass is 79.9. The molecule has 1 heterocycles. The summed E-state index contributed by atoms with van der Waals surface area (Å²) in [6.45, 7) is 0. The lowest BCUT2D eigenvalue weighted by Crippen LogP contribution is -2.33. The Balaban J connectivity index is 2.89. The summed E-state index contributed by atoms with van der Waals surface area (Å²) in [5.41, 5.74) is 0. The van der Waals surface area contributed by atoms with Gasteiger partial charge in [-0.2, -0.15) is 8.78 Å². The number of hydrogen-bond donors (Lipinski definition) is 0. The first-order valence-electron chi connectivity index (χ1n) is 2.20. The van der Waals surface area contributed by atoms with E-state index in [1.807, 2.05) is 31.9 Å². The Hall–Kier alpha value is 0.600. The summed E-state index contributed by atoms with van der Waals surface area (Å²) >= 11 is 3.85. The molecule has 0 saturated carbocycles. The van der Waals surface area contributed by atoms with Crippen molar-refractivity contribution in [1.29, 1.82) is 0 Å². The van der Waals surface area contributed by atoms with E-state index < -0.39 is 15.8 Å². The zero-order chi connectivity index (χ0) is 8.91. The van der Waals surface area contributed by atoms with Gasteiger partial charge in [-0.3, -0.25) is 0 Å². The molecule has 1 fully saturated rings. The molecule has 2 atom stereocenters. The second-order valence-electron chi connectivity index (χ2n) is 1.70. The molecule has 0 N–H and O–H groups in total. The van der Waals surface area contributed by atoms with Crippen molar-refractivity contribution in [3.05, 3.63) is 0 Å². The van der Waals surface area contributed by atoms with Crippen LogP contribution in [-0.4, -0.2) is 15.8 Å². The molecule has 0 aromatic carbocycles. The van der Waals surface area contributed by atoms with Gasteiger partial charge in [-0.1, -0.05) is 0 Å². The highest BCUT2D eigenvalue weighted by molar-refractivity contribution is 9.12. The van der Waals surface area contributed by atoms with E-state index >= 15 is 0 Å². The first-order chi connectivity index (χ1) is 4.66.